The molecule has 3 aliphatic heterocycles. The second-order valence-electron chi connectivity index (χ2n) is 6.04. The molecule has 98 valence electrons. The van der Waals surface area contributed by atoms with E-state index in [2.05, 4.69) is 40.9 Å². The van der Waals surface area contributed by atoms with Gasteiger partial charge in [0, 0.05) is 31.8 Å². The summed E-state index contributed by atoms with van der Waals surface area (Å²) in [4.78, 5) is 2.62. The Bertz CT molecular complexity index is 377. The summed E-state index contributed by atoms with van der Waals surface area (Å²) in [5.74, 6) is 0. The molecule has 0 saturated carbocycles. The molecule has 0 radical (unpaired) electrons. The minimum absolute atomic E-state index is 1.17. The van der Waals surface area contributed by atoms with Crippen LogP contribution in [0.4, 0.5) is 0 Å². The van der Waals surface area contributed by atoms with E-state index in [1.54, 1.807) is 0 Å². The van der Waals surface area contributed by atoms with E-state index in [0.717, 1.165) is 0 Å². The highest BCUT2D eigenvalue weighted by atomic mass is 15.4. The van der Waals surface area contributed by atoms with Gasteiger partial charge in [-0.25, -0.2) is 4.57 Å². The van der Waals surface area contributed by atoms with Gasteiger partial charge in [0.2, 0.25) is 0 Å². The summed E-state index contributed by atoms with van der Waals surface area (Å²) >= 11 is 0. The van der Waals surface area contributed by atoms with Gasteiger partial charge >= 0.3 is 0 Å². The van der Waals surface area contributed by atoms with Gasteiger partial charge in [-0.15, -0.1) is 0 Å². The van der Waals surface area contributed by atoms with E-state index in [9.17, 15) is 0 Å². The number of hydrogen-bond acceptors (Lipinski definition) is 1. The molecule has 0 amide bonds. The molecule has 18 heavy (non-hydrogen) atoms. The fraction of sp³-hybridized carbons (Fsp3) is 0.667. The van der Waals surface area contributed by atoms with Crippen molar-refractivity contribution in [2.75, 3.05) is 45.8 Å². The Labute approximate surface area is 110 Å². The number of pyridine rings is 1. The smallest absolute Gasteiger partial charge is 0.169 e. The maximum Gasteiger partial charge on any atom is 0.169 e. The highest BCUT2D eigenvalue weighted by Gasteiger charge is 2.37. The van der Waals surface area contributed by atoms with E-state index >= 15 is 0 Å². The number of fused-ring (bicyclic) bond motifs is 3. The van der Waals surface area contributed by atoms with Crippen molar-refractivity contribution in [3.8, 4) is 0 Å². The molecule has 0 N–H and O–H groups in total. The fourth-order valence-corrected chi connectivity index (χ4v) is 3.34. The van der Waals surface area contributed by atoms with Gasteiger partial charge in [0.1, 0.15) is 0 Å². The Morgan fingerprint density at radius 1 is 1.11 bits per heavy atom. The van der Waals surface area contributed by atoms with E-state index in [1.807, 2.05) is 0 Å². The zero-order valence-electron chi connectivity index (χ0n) is 11.5. The lowest BCUT2D eigenvalue weighted by Gasteiger charge is -2.50. The predicted octanol–water partition coefficient (Wildman–Crippen LogP) is 0.819. The standard InChI is InChI=1S/C15H25N3/c1-15-3-6-16(7-4-15)5-2-11-18-12-8-17(9-13-18)10-14-18/h3-4,6-7H,2,5,8-14H2,1H3/q+2. The van der Waals surface area contributed by atoms with Gasteiger partial charge in [-0.05, 0) is 12.5 Å². The molecule has 3 aliphatic rings. The SMILES string of the molecule is Cc1cc[n+](CCC[N+]23CCN(CC2)CC3)cc1. The average Bonchev–Trinajstić information content (AvgIpc) is 2.43. The summed E-state index contributed by atoms with van der Waals surface area (Å²) in [6.45, 7) is 12.8. The topological polar surface area (TPSA) is 7.12 Å². The molecule has 0 unspecified atom stereocenters. The van der Waals surface area contributed by atoms with E-state index in [-0.39, 0.29) is 0 Å². The van der Waals surface area contributed by atoms with E-state index < -0.39 is 0 Å². The molecular weight excluding hydrogens is 222 g/mol. The van der Waals surface area contributed by atoms with Gasteiger partial charge < -0.3 is 4.48 Å². The lowest BCUT2D eigenvalue weighted by Crippen LogP contribution is -2.67. The van der Waals surface area contributed by atoms with Gasteiger partial charge in [0.25, 0.3) is 0 Å². The number of piperazine rings is 3. The van der Waals surface area contributed by atoms with Crippen molar-refractivity contribution in [3.05, 3.63) is 30.1 Å². The first-order chi connectivity index (χ1) is 8.76. The molecule has 3 nitrogen and oxygen atoms in total. The van der Waals surface area contributed by atoms with Crippen molar-refractivity contribution in [1.82, 2.24) is 4.90 Å². The highest BCUT2D eigenvalue weighted by Crippen LogP contribution is 2.19. The molecular formula is C15H25N3+2. The van der Waals surface area contributed by atoms with E-state index in [0.29, 0.717) is 0 Å². The molecule has 4 heterocycles. The number of nitrogens with zero attached hydrogens (tertiary/aromatic N) is 3. The zero-order valence-corrected chi connectivity index (χ0v) is 11.5. The second-order valence-corrected chi connectivity index (χ2v) is 6.04. The van der Waals surface area contributed by atoms with Crippen LogP contribution in [0.15, 0.2) is 24.5 Å². The molecule has 2 bridgehead atoms. The molecule has 0 aromatic carbocycles. The summed E-state index contributed by atoms with van der Waals surface area (Å²) in [5, 5.41) is 0. The van der Waals surface area contributed by atoms with Crippen molar-refractivity contribution in [2.45, 2.75) is 19.9 Å². The van der Waals surface area contributed by atoms with Crippen LogP contribution in [0.25, 0.3) is 0 Å². The summed E-state index contributed by atoms with van der Waals surface area (Å²) in [6.07, 6.45) is 5.74. The average molecular weight is 247 g/mol. The molecule has 3 saturated heterocycles. The summed E-state index contributed by atoms with van der Waals surface area (Å²) in [6, 6.07) is 4.40. The number of aromatic nitrogens is 1. The maximum absolute atomic E-state index is 2.62. The van der Waals surface area contributed by atoms with Crippen molar-refractivity contribution in [3.63, 3.8) is 0 Å². The van der Waals surface area contributed by atoms with Crippen LogP contribution in [0.5, 0.6) is 0 Å². The number of hydrogen-bond donors (Lipinski definition) is 0. The number of aryl methyl sites for hydroxylation is 2. The number of rotatable bonds is 4. The van der Waals surface area contributed by atoms with Crippen LogP contribution in [0.3, 0.4) is 0 Å². The van der Waals surface area contributed by atoms with Crippen LogP contribution >= 0.6 is 0 Å². The minimum Gasteiger partial charge on any atom is -0.320 e. The van der Waals surface area contributed by atoms with Crippen LogP contribution in [0.1, 0.15) is 12.0 Å². The molecule has 3 fully saturated rings. The van der Waals surface area contributed by atoms with Crippen LogP contribution in [-0.4, -0.2) is 55.2 Å². The van der Waals surface area contributed by atoms with Gasteiger partial charge in [0.05, 0.1) is 32.6 Å². The third-order valence-corrected chi connectivity index (χ3v) is 4.78. The summed E-state index contributed by atoms with van der Waals surface area (Å²) < 4.78 is 3.72. The Balaban J connectivity index is 1.50. The van der Waals surface area contributed by atoms with Gasteiger partial charge in [0.15, 0.2) is 18.9 Å². The first-order valence-corrected chi connectivity index (χ1v) is 7.29. The van der Waals surface area contributed by atoms with E-state index in [1.165, 1.54) is 68.8 Å². The molecule has 1 aromatic heterocycles. The van der Waals surface area contributed by atoms with Crippen LogP contribution in [-0.2, 0) is 6.54 Å². The number of quaternary nitrogens is 1. The normalized spacial score (nSPS) is 30.6. The van der Waals surface area contributed by atoms with E-state index in [4.69, 9.17) is 0 Å². The van der Waals surface area contributed by atoms with Crippen molar-refractivity contribution in [1.29, 1.82) is 0 Å². The zero-order chi connectivity index (χ0) is 12.4. The third kappa shape index (κ3) is 2.57. The largest absolute Gasteiger partial charge is 0.320 e. The molecule has 0 atom stereocenters. The van der Waals surface area contributed by atoms with Gasteiger partial charge in [-0.1, -0.05) is 0 Å². The molecule has 0 aliphatic carbocycles. The lowest BCUT2D eigenvalue weighted by atomic mass is 10.1. The Kier molecular flexibility index (Phi) is 3.35. The highest BCUT2D eigenvalue weighted by molar-refractivity contribution is 5.03. The lowest BCUT2D eigenvalue weighted by molar-refractivity contribution is -0.942. The quantitative estimate of drug-likeness (QED) is 0.564. The first kappa shape index (κ1) is 12.1. The van der Waals surface area contributed by atoms with Crippen molar-refractivity contribution < 1.29 is 9.05 Å². The Morgan fingerprint density at radius 3 is 2.33 bits per heavy atom. The van der Waals surface area contributed by atoms with Crippen LogP contribution in [0.2, 0.25) is 0 Å². The van der Waals surface area contributed by atoms with Gasteiger partial charge in [-0.3, -0.25) is 4.90 Å². The van der Waals surface area contributed by atoms with Crippen molar-refractivity contribution >= 4 is 0 Å². The fourth-order valence-electron chi connectivity index (χ4n) is 3.34. The minimum atomic E-state index is 1.17. The third-order valence-electron chi connectivity index (χ3n) is 4.78. The molecule has 3 heteroatoms. The molecule has 4 rings (SSSR count). The molecule has 0 spiro atoms. The van der Waals surface area contributed by atoms with Crippen LogP contribution < -0.4 is 4.57 Å². The Hall–Kier alpha value is -0.930. The summed E-state index contributed by atoms with van der Waals surface area (Å²) in [7, 11) is 0. The molecule has 1 aromatic rings. The summed E-state index contributed by atoms with van der Waals surface area (Å²) in [5.41, 5.74) is 1.35. The predicted molar refractivity (Wildman–Crippen MR) is 72.2 cm³/mol. The maximum atomic E-state index is 2.62. The first-order valence-electron chi connectivity index (χ1n) is 7.29. The Morgan fingerprint density at radius 2 is 1.72 bits per heavy atom. The van der Waals surface area contributed by atoms with Gasteiger partial charge in [-0.2, -0.15) is 0 Å². The second kappa shape index (κ2) is 4.98. The van der Waals surface area contributed by atoms with Crippen molar-refractivity contribution in [2.24, 2.45) is 0 Å². The van der Waals surface area contributed by atoms with Crippen LogP contribution in [0, 0.1) is 6.92 Å². The monoisotopic (exact) mass is 247 g/mol.